The molecule has 0 aromatic carbocycles. The number of rotatable bonds is 66. The SMILES string of the molecule is CCCCCCCCCCCCCCCCCCCCC(=O)O[C@H](COC(=O)CCCCCCCCCC(C)C)COP(=O)(O)OC[C@@H](O)COP(=O)(O)OC[C@@H](COC(=O)CCCCCCCCC(C)C)OC(=O)CCCCCCCCCC(C)C. The van der Waals surface area contributed by atoms with Gasteiger partial charge in [-0.15, -0.1) is 0 Å². The van der Waals surface area contributed by atoms with Gasteiger partial charge in [-0.1, -0.05) is 286 Å². The first-order chi connectivity index (χ1) is 41.7. The number of carbonyl (C=O) groups is 4. The molecular formula is C68H132O17P2. The quantitative estimate of drug-likeness (QED) is 0.0222. The summed E-state index contributed by atoms with van der Waals surface area (Å²) in [5.41, 5.74) is 0. The van der Waals surface area contributed by atoms with E-state index >= 15 is 0 Å². The number of esters is 4. The van der Waals surface area contributed by atoms with Gasteiger partial charge >= 0.3 is 39.5 Å². The minimum absolute atomic E-state index is 0.102. The zero-order valence-corrected chi connectivity index (χ0v) is 58.3. The van der Waals surface area contributed by atoms with Gasteiger partial charge in [-0.3, -0.25) is 37.3 Å². The first-order valence-electron chi connectivity index (χ1n) is 35.3. The number of phosphoric acid groups is 2. The molecule has 0 spiro atoms. The maximum atomic E-state index is 13.0. The Morgan fingerprint density at radius 2 is 0.529 bits per heavy atom. The summed E-state index contributed by atoms with van der Waals surface area (Å²) in [5.74, 6) is -0.0549. The first kappa shape index (κ1) is 85.1. The molecule has 0 saturated heterocycles. The van der Waals surface area contributed by atoms with Crippen LogP contribution in [0.4, 0.5) is 0 Å². The summed E-state index contributed by atoms with van der Waals surface area (Å²) < 4.78 is 68.1. The van der Waals surface area contributed by atoms with Crippen molar-refractivity contribution in [3.8, 4) is 0 Å². The molecule has 0 aliphatic heterocycles. The Kier molecular flexibility index (Phi) is 57.8. The predicted molar refractivity (Wildman–Crippen MR) is 349 cm³/mol. The van der Waals surface area contributed by atoms with Crippen molar-refractivity contribution in [2.24, 2.45) is 17.8 Å². The van der Waals surface area contributed by atoms with Crippen LogP contribution in [0.25, 0.3) is 0 Å². The van der Waals surface area contributed by atoms with Crippen molar-refractivity contribution in [3.05, 3.63) is 0 Å². The Balaban J connectivity index is 5.19. The van der Waals surface area contributed by atoms with Crippen LogP contribution in [-0.4, -0.2) is 96.7 Å². The Bertz CT molecular complexity index is 1720. The van der Waals surface area contributed by atoms with E-state index in [1.165, 1.54) is 135 Å². The molecule has 17 nitrogen and oxygen atoms in total. The van der Waals surface area contributed by atoms with Gasteiger partial charge in [0.2, 0.25) is 0 Å². The molecule has 0 radical (unpaired) electrons. The molecular weight excluding hydrogens is 1150 g/mol. The van der Waals surface area contributed by atoms with Crippen molar-refractivity contribution >= 4 is 39.5 Å². The maximum Gasteiger partial charge on any atom is 0.472 e. The average Bonchev–Trinajstić information content (AvgIpc) is 3.62. The molecule has 0 aliphatic carbocycles. The van der Waals surface area contributed by atoms with Crippen LogP contribution in [0, 0.1) is 17.8 Å². The van der Waals surface area contributed by atoms with E-state index in [1.807, 2.05) is 0 Å². The van der Waals surface area contributed by atoms with Crippen LogP contribution < -0.4 is 0 Å². The summed E-state index contributed by atoms with van der Waals surface area (Å²) in [6.45, 7) is 11.6. The highest BCUT2D eigenvalue weighted by Gasteiger charge is 2.30. The highest BCUT2D eigenvalue weighted by molar-refractivity contribution is 7.47. The van der Waals surface area contributed by atoms with Crippen LogP contribution in [0.1, 0.15) is 337 Å². The summed E-state index contributed by atoms with van der Waals surface area (Å²) >= 11 is 0. The van der Waals surface area contributed by atoms with Crippen molar-refractivity contribution in [1.29, 1.82) is 0 Å². The van der Waals surface area contributed by atoms with E-state index in [1.54, 1.807) is 0 Å². The van der Waals surface area contributed by atoms with Crippen molar-refractivity contribution in [1.82, 2.24) is 0 Å². The molecule has 2 unspecified atom stereocenters. The molecule has 516 valence electrons. The minimum Gasteiger partial charge on any atom is -0.462 e. The number of carbonyl (C=O) groups excluding carboxylic acids is 4. The van der Waals surface area contributed by atoms with Gasteiger partial charge in [-0.2, -0.15) is 0 Å². The van der Waals surface area contributed by atoms with Crippen LogP contribution in [0.3, 0.4) is 0 Å². The van der Waals surface area contributed by atoms with E-state index in [-0.39, 0.29) is 25.7 Å². The molecule has 0 bridgehead atoms. The number of ether oxygens (including phenoxy) is 4. The summed E-state index contributed by atoms with van der Waals surface area (Å²) in [4.78, 5) is 72.3. The Morgan fingerprint density at radius 1 is 0.310 bits per heavy atom. The number of aliphatic hydroxyl groups excluding tert-OH is 1. The summed E-state index contributed by atoms with van der Waals surface area (Å²) in [6, 6.07) is 0. The van der Waals surface area contributed by atoms with Gasteiger partial charge in [0.25, 0.3) is 0 Å². The fraction of sp³-hybridized carbons (Fsp3) is 0.941. The average molecular weight is 1280 g/mol. The van der Waals surface area contributed by atoms with Crippen molar-refractivity contribution < 1.29 is 80.2 Å². The lowest BCUT2D eigenvalue weighted by atomic mass is 10.0. The van der Waals surface area contributed by atoms with E-state index in [0.717, 1.165) is 103 Å². The molecule has 19 heteroatoms. The monoisotopic (exact) mass is 1280 g/mol. The number of hydrogen-bond donors (Lipinski definition) is 3. The molecule has 0 rings (SSSR count). The minimum atomic E-state index is -4.95. The normalized spacial score (nSPS) is 14.3. The van der Waals surface area contributed by atoms with Crippen molar-refractivity contribution in [3.63, 3.8) is 0 Å². The van der Waals surface area contributed by atoms with E-state index in [4.69, 9.17) is 37.0 Å². The topological polar surface area (TPSA) is 237 Å². The van der Waals surface area contributed by atoms with Crippen LogP contribution in [0.2, 0.25) is 0 Å². The molecule has 0 aromatic heterocycles. The fourth-order valence-electron chi connectivity index (χ4n) is 10.2. The lowest BCUT2D eigenvalue weighted by Crippen LogP contribution is -2.30. The van der Waals surface area contributed by atoms with Gasteiger partial charge in [0.05, 0.1) is 26.4 Å². The van der Waals surface area contributed by atoms with Crippen molar-refractivity contribution in [2.75, 3.05) is 39.6 Å². The second kappa shape index (κ2) is 59.1. The molecule has 0 heterocycles. The van der Waals surface area contributed by atoms with E-state index in [9.17, 15) is 43.2 Å². The second-order valence-electron chi connectivity index (χ2n) is 26.0. The Hall–Kier alpha value is -1.94. The molecule has 0 aromatic rings. The van der Waals surface area contributed by atoms with Gasteiger partial charge in [0, 0.05) is 25.7 Å². The second-order valence-corrected chi connectivity index (χ2v) is 28.9. The molecule has 0 saturated carbocycles. The predicted octanol–water partition coefficient (Wildman–Crippen LogP) is 19.1. The summed E-state index contributed by atoms with van der Waals surface area (Å²) in [5, 5.41) is 10.6. The number of unbranched alkanes of at least 4 members (excludes halogenated alkanes) is 34. The third-order valence-electron chi connectivity index (χ3n) is 15.6. The summed E-state index contributed by atoms with van der Waals surface area (Å²) in [6.07, 6.45) is 42.1. The highest BCUT2D eigenvalue weighted by Crippen LogP contribution is 2.45. The highest BCUT2D eigenvalue weighted by atomic mass is 31.2. The third-order valence-corrected chi connectivity index (χ3v) is 17.5. The van der Waals surface area contributed by atoms with Gasteiger partial charge in [0.1, 0.15) is 19.3 Å². The number of hydrogen-bond acceptors (Lipinski definition) is 15. The number of phosphoric ester groups is 2. The van der Waals surface area contributed by atoms with Crippen LogP contribution in [0.15, 0.2) is 0 Å². The summed E-state index contributed by atoms with van der Waals surface area (Å²) in [7, 11) is -9.89. The van der Waals surface area contributed by atoms with Crippen molar-refractivity contribution in [2.45, 2.75) is 356 Å². The number of aliphatic hydroxyl groups is 1. The van der Waals surface area contributed by atoms with E-state index < -0.39 is 97.5 Å². The molecule has 0 amide bonds. The molecule has 0 aliphatic rings. The Labute approximate surface area is 530 Å². The van der Waals surface area contributed by atoms with E-state index in [0.29, 0.717) is 43.4 Å². The van der Waals surface area contributed by atoms with Crippen LogP contribution in [0.5, 0.6) is 0 Å². The van der Waals surface area contributed by atoms with Gasteiger partial charge < -0.3 is 33.8 Å². The Morgan fingerprint density at radius 3 is 0.782 bits per heavy atom. The standard InChI is InChI=1S/C68H132O17P2/c1-8-9-10-11-12-13-14-15-16-17-18-19-20-21-22-27-37-44-51-67(72)84-63(55-78-65(70)49-42-35-28-23-25-32-39-46-59(2)3)57-82-86(74,75)80-53-62(69)54-81-87(76,77)83-58-64(56-79-66(71)50-43-36-31-30-34-41-48-61(6)7)85-68(73)52-45-38-29-24-26-33-40-47-60(4)5/h59-64,69H,8-58H2,1-7H3,(H,74,75)(H,76,77)/t62-,63-,64-/m1/s1. The smallest absolute Gasteiger partial charge is 0.462 e. The molecule has 0 fully saturated rings. The molecule has 3 N–H and O–H groups in total. The third kappa shape index (κ3) is 62.6. The van der Waals surface area contributed by atoms with Gasteiger partial charge in [-0.25, -0.2) is 9.13 Å². The zero-order chi connectivity index (χ0) is 64.5. The lowest BCUT2D eigenvalue weighted by molar-refractivity contribution is -0.161. The fourth-order valence-corrected chi connectivity index (χ4v) is 11.8. The molecule has 5 atom stereocenters. The molecule has 87 heavy (non-hydrogen) atoms. The largest absolute Gasteiger partial charge is 0.472 e. The van der Waals surface area contributed by atoms with Crippen LogP contribution >= 0.6 is 15.6 Å². The van der Waals surface area contributed by atoms with Crippen LogP contribution in [-0.2, 0) is 65.4 Å². The zero-order valence-electron chi connectivity index (χ0n) is 56.5. The maximum absolute atomic E-state index is 13.0. The van der Waals surface area contributed by atoms with Gasteiger partial charge in [0.15, 0.2) is 12.2 Å². The van der Waals surface area contributed by atoms with E-state index in [2.05, 4.69) is 48.5 Å². The van der Waals surface area contributed by atoms with Gasteiger partial charge in [-0.05, 0) is 43.4 Å². The first-order valence-corrected chi connectivity index (χ1v) is 38.3. The lowest BCUT2D eigenvalue weighted by Gasteiger charge is -2.21.